The topological polar surface area (TPSA) is 89.0 Å². The van der Waals surface area contributed by atoms with Crippen molar-refractivity contribution in [3.63, 3.8) is 0 Å². The fraction of sp³-hybridized carbons (Fsp3) is 0.150. The van der Waals surface area contributed by atoms with E-state index < -0.39 is 5.91 Å². The number of hydrogen-bond donors (Lipinski definition) is 2. The van der Waals surface area contributed by atoms with Gasteiger partial charge in [0.2, 0.25) is 5.91 Å². The second kappa shape index (κ2) is 10.3. The number of hydrazone groups is 1. The highest BCUT2D eigenvalue weighted by molar-refractivity contribution is 14.1. The number of nitrogens with zero attached hydrogens (tertiary/aromatic N) is 1. The number of halogens is 1. The zero-order valence-corrected chi connectivity index (χ0v) is 17.4. The predicted molar refractivity (Wildman–Crippen MR) is 116 cm³/mol. The molecule has 2 aromatic carbocycles. The summed E-state index contributed by atoms with van der Waals surface area (Å²) in [5.41, 5.74) is 4.06. The first-order chi connectivity index (χ1) is 13.4. The van der Waals surface area contributed by atoms with Gasteiger partial charge in [-0.1, -0.05) is 12.0 Å². The Bertz CT molecular complexity index is 951. The SMILES string of the molecule is C#CCOc1c(I)cc(C=NNC(=O)c2cccc(NC(C)=O)c2)cc1OC. The van der Waals surface area contributed by atoms with Gasteiger partial charge in [-0.3, -0.25) is 9.59 Å². The fourth-order valence-electron chi connectivity index (χ4n) is 2.24. The van der Waals surface area contributed by atoms with Crippen molar-refractivity contribution in [2.75, 3.05) is 19.0 Å². The van der Waals surface area contributed by atoms with Crippen LogP contribution in [-0.2, 0) is 4.79 Å². The van der Waals surface area contributed by atoms with Gasteiger partial charge in [-0.25, -0.2) is 5.43 Å². The van der Waals surface area contributed by atoms with Crippen molar-refractivity contribution in [3.05, 3.63) is 51.1 Å². The van der Waals surface area contributed by atoms with Gasteiger partial charge < -0.3 is 14.8 Å². The van der Waals surface area contributed by atoms with E-state index in [1.165, 1.54) is 20.2 Å². The summed E-state index contributed by atoms with van der Waals surface area (Å²) in [5.74, 6) is 2.85. The molecule has 0 fully saturated rings. The Morgan fingerprint density at radius 2 is 2.11 bits per heavy atom. The van der Waals surface area contributed by atoms with Crippen LogP contribution in [0.1, 0.15) is 22.8 Å². The molecule has 0 bridgehead atoms. The molecule has 2 amide bonds. The Hall–Kier alpha value is -3.06. The van der Waals surface area contributed by atoms with E-state index in [1.54, 1.807) is 30.3 Å². The van der Waals surface area contributed by atoms with Gasteiger partial charge in [0.15, 0.2) is 11.5 Å². The maximum absolute atomic E-state index is 12.2. The summed E-state index contributed by atoms with van der Waals surface area (Å²) in [6.45, 7) is 1.53. The van der Waals surface area contributed by atoms with Crippen LogP contribution in [0.4, 0.5) is 5.69 Å². The van der Waals surface area contributed by atoms with E-state index in [2.05, 4.69) is 44.4 Å². The van der Waals surface area contributed by atoms with Gasteiger partial charge in [0, 0.05) is 18.2 Å². The maximum Gasteiger partial charge on any atom is 0.271 e. The van der Waals surface area contributed by atoms with Crippen molar-refractivity contribution in [2.45, 2.75) is 6.92 Å². The number of benzene rings is 2. The number of nitrogens with one attached hydrogen (secondary N) is 2. The Kier molecular flexibility index (Phi) is 7.83. The highest BCUT2D eigenvalue weighted by Crippen LogP contribution is 2.33. The van der Waals surface area contributed by atoms with E-state index >= 15 is 0 Å². The number of amides is 2. The first kappa shape index (κ1) is 21.2. The minimum Gasteiger partial charge on any atom is -0.493 e. The Morgan fingerprint density at radius 1 is 1.32 bits per heavy atom. The third-order valence-corrected chi connectivity index (χ3v) is 4.18. The van der Waals surface area contributed by atoms with E-state index in [1.807, 2.05) is 6.07 Å². The van der Waals surface area contributed by atoms with Crippen LogP contribution < -0.4 is 20.2 Å². The molecule has 0 saturated carbocycles. The molecule has 28 heavy (non-hydrogen) atoms. The smallest absolute Gasteiger partial charge is 0.271 e. The lowest BCUT2D eigenvalue weighted by atomic mass is 10.2. The molecule has 7 nitrogen and oxygen atoms in total. The molecule has 2 rings (SSSR count). The van der Waals surface area contributed by atoms with Crippen molar-refractivity contribution >= 4 is 46.3 Å². The van der Waals surface area contributed by atoms with Gasteiger partial charge in [-0.05, 0) is 58.5 Å². The molecule has 0 unspecified atom stereocenters. The van der Waals surface area contributed by atoms with Crippen molar-refractivity contribution < 1.29 is 19.1 Å². The largest absolute Gasteiger partial charge is 0.493 e. The molecule has 0 aliphatic rings. The summed E-state index contributed by atoms with van der Waals surface area (Å²) < 4.78 is 11.6. The van der Waals surface area contributed by atoms with Crippen molar-refractivity contribution in [3.8, 4) is 23.8 Å². The monoisotopic (exact) mass is 491 g/mol. The lowest BCUT2D eigenvalue weighted by Crippen LogP contribution is -2.18. The number of rotatable bonds is 7. The molecular weight excluding hydrogens is 473 g/mol. The van der Waals surface area contributed by atoms with E-state index in [9.17, 15) is 9.59 Å². The van der Waals surface area contributed by atoms with Crippen LogP contribution in [-0.4, -0.2) is 31.7 Å². The van der Waals surface area contributed by atoms with Gasteiger partial charge in [-0.15, -0.1) is 6.42 Å². The average Bonchev–Trinajstić information content (AvgIpc) is 2.66. The molecule has 0 aromatic heterocycles. The van der Waals surface area contributed by atoms with Crippen LogP contribution >= 0.6 is 22.6 Å². The van der Waals surface area contributed by atoms with E-state index in [0.29, 0.717) is 28.3 Å². The molecule has 0 spiro atoms. The van der Waals surface area contributed by atoms with E-state index in [0.717, 1.165) is 3.57 Å². The Morgan fingerprint density at radius 3 is 2.79 bits per heavy atom. The summed E-state index contributed by atoms with van der Waals surface area (Å²) in [7, 11) is 1.53. The number of carbonyl (C=O) groups excluding carboxylic acids is 2. The van der Waals surface area contributed by atoms with Crippen LogP contribution in [0.2, 0.25) is 0 Å². The molecular formula is C20H18IN3O4. The van der Waals surface area contributed by atoms with E-state index in [-0.39, 0.29) is 12.5 Å². The highest BCUT2D eigenvalue weighted by Gasteiger charge is 2.11. The maximum atomic E-state index is 12.2. The number of carbonyl (C=O) groups is 2. The van der Waals surface area contributed by atoms with Gasteiger partial charge in [-0.2, -0.15) is 5.10 Å². The minimum absolute atomic E-state index is 0.132. The summed E-state index contributed by atoms with van der Waals surface area (Å²) >= 11 is 2.11. The third kappa shape index (κ3) is 5.99. The van der Waals surface area contributed by atoms with Crippen LogP contribution in [0.3, 0.4) is 0 Å². The molecule has 0 heterocycles. The Labute approximate surface area is 176 Å². The summed E-state index contributed by atoms with van der Waals surface area (Å²) in [4.78, 5) is 23.4. The normalized spacial score (nSPS) is 10.2. The molecule has 8 heteroatoms. The molecule has 2 N–H and O–H groups in total. The second-order valence-corrected chi connectivity index (χ2v) is 6.65. The first-order valence-corrected chi connectivity index (χ1v) is 9.17. The molecule has 0 radical (unpaired) electrons. The highest BCUT2D eigenvalue weighted by atomic mass is 127. The second-order valence-electron chi connectivity index (χ2n) is 5.49. The fourth-order valence-corrected chi connectivity index (χ4v) is 3.02. The van der Waals surface area contributed by atoms with Crippen molar-refractivity contribution in [1.29, 1.82) is 0 Å². The third-order valence-electron chi connectivity index (χ3n) is 3.38. The van der Waals surface area contributed by atoms with Gasteiger partial charge >= 0.3 is 0 Å². The van der Waals surface area contributed by atoms with Gasteiger partial charge in [0.05, 0.1) is 16.9 Å². The van der Waals surface area contributed by atoms with Crippen molar-refractivity contribution in [2.24, 2.45) is 5.10 Å². The Balaban J connectivity index is 2.10. The van der Waals surface area contributed by atoms with Crippen LogP contribution in [0.25, 0.3) is 0 Å². The van der Waals surface area contributed by atoms with E-state index in [4.69, 9.17) is 15.9 Å². The number of hydrogen-bond acceptors (Lipinski definition) is 5. The van der Waals surface area contributed by atoms with Crippen LogP contribution in [0.15, 0.2) is 41.5 Å². The van der Waals surface area contributed by atoms with Gasteiger partial charge in [0.25, 0.3) is 5.91 Å². The standard InChI is InChI=1S/C20H18IN3O4/c1-4-8-28-19-17(21)9-14(10-18(19)27-3)12-22-24-20(26)15-6-5-7-16(11-15)23-13(2)25/h1,5-7,9-12H,8H2,2-3H3,(H,23,25)(H,24,26). The zero-order chi connectivity index (χ0) is 20.5. The lowest BCUT2D eigenvalue weighted by Gasteiger charge is -2.11. The number of anilines is 1. The molecule has 0 atom stereocenters. The predicted octanol–water partition coefficient (Wildman–Crippen LogP) is 3.03. The summed E-state index contributed by atoms with van der Waals surface area (Å²) in [6.07, 6.45) is 6.71. The number of terminal acetylenes is 1. The molecule has 0 saturated heterocycles. The van der Waals surface area contributed by atoms with Crippen LogP contribution in [0, 0.1) is 15.9 Å². The summed E-state index contributed by atoms with van der Waals surface area (Å²) in [5, 5.41) is 6.60. The van der Waals surface area contributed by atoms with Crippen LogP contribution in [0.5, 0.6) is 11.5 Å². The molecule has 0 aliphatic carbocycles. The molecule has 144 valence electrons. The van der Waals surface area contributed by atoms with Gasteiger partial charge in [0.1, 0.15) is 6.61 Å². The summed E-state index contributed by atoms with van der Waals surface area (Å²) in [6, 6.07) is 10.1. The average molecular weight is 491 g/mol. The lowest BCUT2D eigenvalue weighted by molar-refractivity contribution is -0.114. The first-order valence-electron chi connectivity index (χ1n) is 8.09. The number of ether oxygens (including phenoxy) is 2. The minimum atomic E-state index is -0.404. The molecule has 2 aromatic rings. The quantitative estimate of drug-likeness (QED) is 0.270. The molecule has 0 aliphatic heterocycles. The van der Waals surface area contributed by atoms with Crippen molar-refractivity contribution in [1.82, 2.24) is 5.43 Å². The zero-order valence-electron chi connectivity index (χ0n) is 15.3. The number of methoxy groups -OCH3 is 1.